The van der Waals surface area contributed by atoms with Gasteiger partial charge in [-0.1, -0.05) is 42.5 Å². The molecule has 0 spiro atoms. The quantitative estimate of drug-likeness (QED) is 0.300. The van der Waals surface area contributed by atoms with Gasteiger partial charge in [-0.3, -0.25) is 9.59 Å². The van der Waals surface area contributed by atoms with Gasteiger partial charge in [-0.2, -0.15) is 0 Å². The van der Waals surface area contributed by atoms with E-state index in [1.54, 1.807) is 6.07 Å². The van der Waals surface area contributed by atoms with E-state index in [1.165, 1.54) is 0 Å². The summed E-state index contributed by atoms with van der Waals surface area (Å²) in [6, 6.07) is 15.6. The highest BCUT2D eigenvalue weighted by atomic mass is 16.2. The van der Waals surface area contributed by atoms with Crippen molar-refractivity contribution in [3.8, 4) is 0 Å². The zero-order valence-corrected chi connectivity index (χ0v) is 10.5. The van der Waals surface area contributed by atoms with E-state index in [9.17, 15) is 9.59 Å². The normalized spacial score (nSPS) is 10.8. The van der Waals surface area contributed by atoms with E-state index in [0.717, 1.165) is 27.1 Å². The van der Waals surface area contributed by atoms with Crippen LogP contribution in [0.15, 0.2) is 48.5 Å². The molecule has 0 saturated heterocycles. The third-order valence-electron chi connectivity index (χ3n) is 3.47. The Bertz CT molecular complexity index is 816. The average Bonchev–Trinajstić information content (AvgIpc) is 2.46. The van der Waals surface area contributed by atoms with Crippen LogP contribution in [0.2, 0.25) is 0 Å². The average molecular weight is 248 g/mol. The third-order valence-corrected chi connectivity index (χ3v) is 3.47. The molecule has 0 fully saturated rings. The van der Waals surface area contributed by atoms with Crippen LogP contribution in [-0.4, -0.2) is 12.1 Å². The summed E-state index contributed by atoms with van der Waals surface area (Å²) in [5.41, 5.74) is 1.50. The maximum absolute atomic E-state index is 11.9. The van der Waals surface area contributed by atoms with Crippen molar-refractivity contribution in [1.29, 1.82) is 0 Å². The Hall–Kier alpha value is -2.48. The van der Waals surface area contributed by atoms with Crippen LogP contribution in [0, 0.1) is 6.92 Å². The van der Waals surface area contributed by atoms with Gasteiger partial charge in [0.25, 0.3) is 0 Å². The van der Waals surface area contributed by atoms with Crippen LogP contribution >= 0.6 is 0 Å². The number of benzene rings is 3. The lowest BCUT2D eigenvalue weighted by molar-refractivity contribution is -0.104. The molecule has 3 aromatic rings. The number of aryl methyl sites for hydroxylation is 1. The molecule has 3 rings (SSSR count). The molecule has 0 N–H and O–H groups in total. The van der Waals surface area contributed by atoms with Crippen molar-refractivity contribution in [3.63, 3.8) is 0 Å². The van der Waals surface area contributed by atoms with E-state index in [-0.39, 0.29) is 0 Å². The smallest absolute Gasteiger partial charge is 0.226 e. The summed E-state index contributed by atoms with van der Waals surface area (Å²) in [6.45, 7) is 1.96. The molecular formula is C17H12O2. The second kappa shape index (κ2) is 4.32. The van der Waals surface area contributed by atoms with E-state index in [4.69, 9.17) is 0 Å². The van der Waals surface area contributed by atoms with Crippen molar-refractivity contribution in [2.24, 2.45) is 0 Å². The molecule has 0 aliphatic carbocycles. The number of Topliss-reactive ketones (excluding diaryl/α,β-unsaturated/α-hetero) is 1. The van der Waals surface area contributed by atoms with Crippen LogP contribution in [-0.2, 0) is 4.79 Å². The molecule has 0 aliphatic rings. The van der Waals surface area contributed by atoms with Crippen LogP contribution in [0.4, 0.5) is 0 Å². The molecule has 0 heterocycles. The fourth-order valence-corrected chi connectivity index (χ4v) is 2.60. The van der Waals surface area contributed by atoms with Gasteiger partial charge >= 0.3 is 0 Å². The molecule has 2 nitrogen and oxygen atoms in total. The predicted molar refractivity (Wildman–Crippen MR) is 76.6 cm³/mol. The number of ketones is 1. The Kier molecular flexibility index (Phi) is 2.64. The van der Waals surface area contributed by atoms with Crippen LogP contribution < -0.4 is 0 Å². The van der Waals surface area contributed by atoms with Gasteiger partial charge in [-0.25, -0.2) is 0 Å². The first-order chi connectivity index (χ1) is 9.22. The Labute approximate surface area is 110 Å². The zero-order chi connectivity index (χ0) is 13.4. The molecule has 0 aromatic heterocycles. The summed E-state index contributed by atoms with van der Waals surface area (Å²) in [6.07, 6.45) is 0.385. The van der Waals surface area contributed by atoms with Crippen molar-refractivity contribution in [2.45, 2.75) is 6.92 Å². The maximum Gasteiger partial charge on any atom is 0.226 e. The molecule has 19 heavy (non-hydrogen) atoms. The Morgan fingerprint density at radius 2 is 1.74 bits per heavy atom. The Morgan fingerprint density at radius 1 is 1.00 bits per heavy atom. The van der Waals surface area contributed by atoms with E-state index < -0.39 is 5.78 Å². The molecule has 0 unspecified atom stereocenters. The standard InChI is InChI=1S/C17H12O2/c1-11-5-4-8-14-13-7-3-2-6-12(13)9-15(17(11)14)16(19)10-18/h2-10H,1H3. The van der Waals surface area contributed by atoms with Gasteiger partial charge in [0, 0.05) is 5.56 Å². The van der Waals surface area contributed by atoms with Crippen molar-refractivity contribution in [1.82, 2.24) is 0 Å². The lowest BCUT2D eigenvalue weighted by Crippen LogP contribution is -2.02. The topological polar surface area (TPSA) is 34.1 Å². The van der Waals surface area contributed by atoms with Crippen molar-refractivity contribution < 1.29 is 9.59 Å². The molecule has 92 valence electrons. The Balaban J connectivity index is 2.59. The number of carbonyl (C=O) groups excluding carboxylic acids is 2. The van der Waals surface area contributed by atoms with Crippen molar-refractivity contribution in [2.75, 3.05) is 0 Å². The molecule has 0 saturated carbocycles. The number of carbonyl (C=O) groups is 2. The third kappa shape index (κ3) is 1.73. The van der Waals surface area contributed by atoms with Crippen molar-refractivity contribution >= 4 is 33.6 Å². The minimum absolute atomic E-state index is 0.385. The zero-order valence-electron chi connectivity index (χ0n) is 10.5. The largest absolute Gasteiger partial charge is 0.294 e. The van der Waals surface area contributed by atoms with Gasteiger partial charge in [0.2, 0.25) is 5.78 Å². The minimum atomic E-state index is -0.468. The lowest BCUT2D eigenvalue weighted by atomic mass is 9.93. The monoisotopic (exact) mass is 248 g/mol. The number of hydrogen-bond acceptors (Lipinski definition) is 2. The minimum Gasteiger partial charge on any atom is -0.294 e. The van der Waals surface area contributed by atoms with Gasteiger partial charge < -0.3 is 0 Å². The van der Waals surface area contributed by atoms with Gasteiger partial charge in [-0.05, 0) is 40.1 Å². The first-order valence-corrected chi connectivity index (χ1v) is 6.13. The van der Waals surface area contributed by atoms with Gasteiger partial charge in [-0.15, -0.1) is 0 Å². The molecule has 0 aliphatic heterocycles. The van der Waals surface area contributed by atoms with Crippen molar-refractivity contribution in [3.05, 3.63) is 59.7 Å². The first-order valence-electron chi connectivity index (χ1n) is 6.13. The van der Waals surface area contributed by atoms with Gasteiger partial charge in [0.1, 0.15) is 0 Å². The fraction of sp³-hybridized carbons (Fsp3) is 0.0588. The highest BCUT2D eigenvalue weighted by Crippen LogP contribution is 2.30. The first kappa shape index (κ1) is 11.6. The summed E-state index contributed by atoms with van der Waals surface area (Å²) < 4.78 is 0. The van der Waals surface area contributed by atoms with E-state index in [0.29, 0.717) is 11.8 Å². The Morgan fingerprint density at radius 3 is 2.53 bits per heavy atom. The molecule has 3 aromatic carbocycles. The number of rotatable bonds is 2. The molecule has 0 bridgehead atoms. The number of fused-ring (bicyclic) bond motifs is 3. The SMILES string of the molecule is Cc1cccc2c1c(C(=O)C=O)cc1ccccc12. The fourth-order valence-electron chi connectivity index (χ4n) is 2.60. The number of hydrogen-bond donors (Lipinski definition) is 0. The summed E-state index contributed by atoms with van der Waals surface area (Å²) >= 11 is 0. The summed E-state index contributed by atoms with van der Waals surface area (Å²) in [4.78, 5) is 22.7. The maximum atomic E-state index is 11.9. The van der Waals surface area contributed by atoms with Crippen LogP contribution in [0.25, 0.3) is 21.5 Å². The van der Waals surface area contributed by atoms with Crippen LogP contribution in [0.1, 0.15) is 15.9 Å². The van der Waals surface area contributed by atoms with E-state index in [2.05, 4.69) is 0 Å². The molecule has 0 atom stereocenters. The lowest BCUT2D eigenvalue weighted by Gasteiger charge is -2.10. The molecular weight excluding hydrogens is 236 g/mol. The molecule has 0 amide bonds. The van der Waals surface area contributed by atoms with Gasteiger partial charge in [0.05, 0.1) is 0 Å². The van der Waals surface area contributed by atoms with E-state index >= 15 is 0 Å². The summed E-state index contributed by atoms with van der Waals surface area (Å²) in [5, 5.41) is 3.97. The second-order valence-corrected chi connectivity index (χ2v) is 4.62. The summed E-state index contributed by atoms with van der Waals surface area (Å²) in [5.74, 6) is -0.468. The van der Waals surface area contributed by atoms with E-state index in [1.807, 2.05) is 49.4 Å². The predicted octanol–water partition coefficient (Wildman–Crippen LogP) is 3.68. The highest BCUT2D eigenvalue weighted by Gasteiger charge is 2.13. The number of aldehydes is 1. The molecule has 0 radical (unpaired) electrons. The van der Waals surface area contributed by atoms with Crippen LogP contribution in [0.5, 0.6) is 0 Å². The summed E-state index contributed by atoms with van der Waals surface area (Å²) in [7, 11) is 0. The van der Waals surface area contributed by atoms with Gasteiger partial charge in [0.15, 0.2) is 6.29 Å². The highest BCUT2D eigenvalue weighted by molar-refractivity contribution is 6.38. The van der Waals surface area contributed by atoms with Crippen LogP contribution in [0.3, 0.4) is 0 Å². The molecule has 2 heteroatoms. The second-order valence-electron chi connectivity index (χ2n) is 4.62.